The zero-order valence-corrected chi connectivity index (χ0v) is 18.8. The van der Waals surface area contributed by atoms with Crippen LogP contribution in [-0.4, -0.2) is 80.9 Å². The highest BCUT2D eigenvalue weighted by Crippen LogP contribution is 2.39. The molecule has 33 heavy (non-hydrogen) atoms. The van der Waals surface area contributed by atoms with E-state index in [1.807, 2.05) is 15.9 Å². The highest BCUT2D eigenvalue weighted by Gasteiger charge is 2.29. The Morgan fingerprint density at radius 1 is 1.24 bits per heavy atom. The molecule has 170 valence electrons. The van der Waals surface area contributed by atoms with Gasteiger partial charge in [0.1, 0.15) is 22.7 Å². The molecule has 0 bridgehead atoms. The number of hydrogen-bond acceptors (Lipinski definition) is 9. The number of rotatable bonds is 3. The molecular weight excluding hydrogens is 444 g/mol. The van der Waals surface area contributed by atoms with E-state index in [1.54, 1.807) is 31.0 Å². The highest BCUT2D eigenvalue weighted by atomic mass is 32.1. The topological polar surface area (TPSA) is 121 Å². The van der Waals surface area contributed by atoms with Crippen LogP contribution in [0.5, 0.6) is 5.88 Å². The first kappa shape index (κ1) is 20.1. The van der Waals surface area contributed by atoms with Gasteiger partial charge >= 0.3 is 6.03 Å². The number of carbonyl (C=O) groups is 1. The maximum atomic E-state index is 13.0. The second-order valence-corrected chi connectivity index (χ2v) is 9.02. The summed E-state index contributed by atoms with van der Waals surface area (Å²) >= 11 is 1.62. The van der Waals surface area contributed by atoms with Crippen molar-refractivity contribution in [1.29, 1.82) is 0 Å². The number of aromatic amines is 1. The predicted molar refractivity (Wildman–Crippen MR) is 123 cm³/mol. The number of carbonyl (C=O) groups excluding carboxylic acids is 1. The third kappa shape index (κ3) is 3.51. The Hall–Kier alpha value is -3.51. The molecule has 0 spiro atoms. The lowest BCUT2D eigenvalue weighted by molar-refractivity contribution is 0.0423. The number of ether oxygens (including phenoxy) is 2. The summed E-state index contributed by atoms with van der Waals surface area (Å²) in [5.74, 6) is 1.15. The summed E-state index contributed by atoms with van der Waals surface area (Å²) in [6.45, 7) is 3.73. The number of amides is 2. The summed E-state index contributed by atoms with van der Waals surface area (Å²) in [4.78, 5) is 32.3. The predicted octanol–water partition coefficient (Wildman–Crippen LogP) is 2.53. The lowest BCUT2D eigenvalue weighted by Gasteiger charge is -2.34. The quantitative estimate of drug-likeness (QED) is 0.472. The average molecular weight is 467 g/mol. The van der Waals surface area contributed by atoms with E-state index < -0.39 is 0 Å². The monoisotopic (exact) mass is 466 g/mol. The largest absolute Gasteiger partial charge is 0.479 e. The van der Waals surface area contributed by atoms with E-state index in [9.17, 15) is 4.79 Å². The number of thiophene rings is 1. The van der Waals surface area contributed by atoms with E-state index in [2.05, 4.69) is 30.5 Å². The number of aromatic nitrogens is 5. The molecule has 2 aliphatic rings. The Labute approximate surface area is 192 Å². The molecule has 0 saturated carbocycles. The second kappa shape index (κ2) is 8.12. The highest BCUT2D eigenvalue weighted by molar-refractivity contribution is 7.19. The molecule has 6 heterocycles. The fourth-order valence-electron chi connectivity index (χ4n) is 4.38. The van der Waals surface area contributed by atoms with Crippen molar-refractivity contribution in [3.8, 4) is 5.88 Å². The van der Waals surface area contributed by atoms with Crippen LogP contribution in [0.3, 0.4) is 0 Å². The molecule has 1 saturated heterocycles. The van der Waals surface area contributed by atoms with Crippen LogP contribution in [0.2, 0.25) is 0 Å². The van der Waals surface area contributed by atoms with Crippen LogP contribution in [0.25, 0.3) is 21.3 Å². The molecule has 11 nitrogen and oxygen atoms in total. The molecule has 0 unspecified atom stereocenters. The molecule has 2 N–H and O–H groups in total. The van der Waals surface area contributed by atoms with Crippen LogP contribution >= 0.6 is 11.3 Å². The average Bonchev–Trinajstić information content (AvgIpc) is 3.47. The standard InChI is InChI=1S/C21H22N8O3S/c1-31-19-14(8-12-9-24-27-17(12)26-19)25-18-16-13-2-3-29(21(30)28-4-6-32-7-5-28)10-15(13)33-20(16)23-11-22-18/h8-9,11H,2-7,10H2,1H3,(H,22,23,25)(H,24,26,27). The number of urea groups is 1. The number of pyridine rings is 1. The smallest absolute Gasteiger partial charge is 0.320 e. The number of morpholine rings is 1. The molecule has 1 fully saturated rings. The van der Waals surface area contributed by atoms with Crippen LogP contribution in [0.15, 0.2) is 18.6 Å². The van der Waals surface area contributed by atoms with Gasteiger partial charge in [-0.25, -0.2) is 14.8 Å². The first-order valence-corrected chi connectivity index (χ1v) is 11.5. The molecule has 2 amide bonds. The second-order valence-electron chi connectivity index (χ2n) is 7.94. The van der Waals surface area contributed by atoms with E-state index in [0.717, 1.165) is 26.9 Å². The Morgan fingerprint density at radius 3 is 2.97 bits per heavy atom. The lowest BCUT2D eigenvalue weighted by Crippen LogP contribution is -2.49. The molecule has 0 aromatic carbocycles. The molecule has 0 atom stereocenters. The minimum Gasteiger partial charge on any atom is -0.479 e. The fraction of sp³-hybridized carbons (Fsp3) is 0.381. The van der Waals surface area contributed by atoms with E-state index in [-0.39, 0.29) is 6.03 Å². The zero-order chi connectivity index (χ0) is 22.4. The van der Waals surface area contributed by atoms with Gasteiger partial charge in [-0.05, 0) is 18.1 Å². The molecule has 0 aliphatic carbocycles. The van der Waals surface area contributed by atoms with Gasteiger partial charge in [0.05, 0.1) is 38.5 Å². The van der Waals surface area contributed by atoms with Crippen molar-refractivity contribution in [2.24, 2.45) is 0 Å². The third-order valence-corrected chi connectivity index (χ3v) is 7.15. The number of anilines is 2. The van der Waals surface area contributed by atoms with Gasteiger partial charge < -0.3 is 24.6 Å². The molecule has 2 aliphatic heterocycles. The summed E-state index contributed by atoms with van der Waals surface area (Å²) in [6, 6.07) is 2.01. The molecular formula is C21H22N8O3S. The first-order valence-electron chi connectivity index (χ1n) is 10.7. The van der Waals surface area contributed by atoms with Crippen LogP contribution in [0.1, 0.15) is 10.4 Å². The van der Waals surface area contributed by atoms with Crippen molar-refractivity contribution < 1.29 is 14.3 Å². The minimum absolute atomic E-state index is 0.0788. The lowest BCUT2D eigenvalue weighted by atomic mass is 10.1. The Bertz CT molecular complexity index is 1350. The number of methoxy groups -OCH3 is 1. The van der Waals surface area contributed by atoms with Crippen molar-refractivity contribution in [2.75, 3.05) is 45.3 Å². The van der Waals surface area contributed by atoms with Crippen molar-refractivity contribution in [3.05, 3.63) is 29.0 Å². The first-order chi connectivity index (χ1) is 16.2. The van der Waals surface area contributed by atoms with Crippen LogP contribution in [-0.2, 0) is 17.7 Å². The number of fused-ring (bicyclic) bond motifs is 4. The number of H-pyrrole nitrogens is 1. The molecule has 4 aromatic heterocycles. The summed E-state index contributed by atoms with van der Waals surface area (Å²) < 4.78 is 10.9. The van der Waals surface area contributed by atoms with Gasteiger partial charge in [-0.2, -0.15) is 10.1 Å². The minimum atomic E-state index is 0.0788. The van der Waals surface area contributed by atoms with Gasteiger partial charge in [-0.15, -0.1) is 11.3 Å². The molecule has 12 heteroatoms. The molecule has 6 rings (SSSR count). The van der Waals surface area contributed by atoms with Gasteiger partial charge in [0, 0.05) is 29.9 Å². The van der Waals surface area contributed by atoms with Gasteiger partial charge in [0.25, 0.3) is 0 Å². The maximum Gasteiger partial charge on any atom is 0.320 e. The number of nitrogens with one attached hydrogen (secondary N) is 2. The fourth-order valence-corrected chi connectivity index (χ4v) is 5.58. The summed E-state index contributed by atoms with van der Waals surface area (Å²) in [5, 5.41) is 12.1. The van der Waals surface area contributed by atoms with Crippen LogP contribution in [0.4, 0.5) is 16.3 Å². The summed E-state index contributed by atoms with van der Waals surface area (Å²) in [5.41, 5.74) is 2.55. The molecule has 0 radical (unpaired) electrons. The number of hydrogen-bond donors (Lipinski definition) is 2. The van der Waals surface area contributed by atoms with E-state index in [4.69, 9.17) is 9.47 Å². The maximum absolute atomic E-state index is 13.0. The van der Waals surface area contributed by atoms with Crippen molar-refractivity contribution >= 4 is 50.1 Å². The Morgan fingerprint density at radius 2 is 2.12 bits per heavy atom. The van der Waals surface area contributed by atoms with Crippen molar-refractivity contribution in [1.82, 2.24) is 34.9 Å². The Kier molecular flexibility index (Phi) is 4.95. The van der Waals surface area contributed by atoms with Crippen molar-refractivity contribution in [2.45, 2.75) is 13.0 Å². The van der Waals surface area contributed by atoms with E-state index in [0.29, 0.717) is 62.4 Å². The number of nitrogens with zero attached hydrogens (tertiary/aromatic N) is 6. The zero-order valence-electron chi connectivity index (χ0n) is 18.0. The van der Waals surface area contributed by atoms with Gasteiger partial charge in [-0.1, -0.05) is 0 Å². The van der Waals surface area contributed by atoms with Gasteiger partial charge in [0.2, 0.25) is 5.88 Å². The van der Waals surface area contributed by atoms with Gasteiger partial charge in [-0.3, -0.25) is 5.10 Å². The van der Waals surface area contributed by atoms with E-state index >= 15 is 0 Å². The normalized spacial score (nSPS) is 16.3. The SMILES string of the molecule is COc1nc2[nH]ncc2cc1Nc1ncnc2sc3c(c12)CCN(C(=O)N1CCOCC1)C3. The van der Waals surface area contributed by atoms with Gasteiger partial charge in [0.15, 0.2) is 5.65 Å². The third-order valence-electron chi connectivity index (χ3n) is 6.03. The van der Waals surface area contributed by atoms with Crippen LogP contribution < -0.4 is 10.1 Å². The van der Waals surface area contributed by atoms with Crippen molar-refractivity contribution in [3.63, 3.8) is 0 Å². The van der Waals surface area contributed by atoms with E-state index in [1.165, 1.54) is 5.56 Å². The Balaban J connectivity index is 1.32. The summed E-state index contributed by atoms with van der Waals surface area (Å²) in [6.07, 6.45) is 4.03. The summed E-state index contributed by atoms with van der Waals surface area (Å²) in [7, 11) is 1.58. The molecule has 4 aromatic rings. The van der Waals surface area contributed by atoms with Crippen LogP contribution in [0, 0.1) is 0 Å².